The third-order valence-electron chi connectivity index (χ3n) is 6.76. The molecule has 3 unspecified atom stereocenters. The number of benzene rings is 1. The Bertz CT molecular complexity index is 1450. The van der Waals surface area contributed by atoms with E-state index in [0.29, 0.717) is 48.9 Å². The van der Waals surface area contributed by atoms with Gasteiger partial charge < -0.3 is 20.5 Å². The van der Waals surface area contributed by atoms with Crippen LogP contribution in [0.3, 0.4) is 0 Å². The lowest BCUT2D eigenvalue weighted by Gasteiger charge is -2.20. The van der Waals surface area contributed by atoms with E-state index in [4.69, 9.17) is 15.5 Å². The van der Waals surface area contributed by atoms with E-state index in [9.17, 15) is 14.8 Å². The first-order valence-electron chi connectivity index (χ1n) is 11.2. The summed E-state index contributed by atoms with van der Waals surface area (Å²) in [6, 6.07) is 2.13. The van der Waals surface area contributed by atoms with Crippen molar-refractivity contribution in [1.29, 1.82) is 5.26 Å². The van der Waals surface area contributed by atoms with Gasteiger partial charge in [0.05, 0.1) is 35.3 Å². The Balaban J connectivity index is 1.73. The van der Waals surface area contributed by atoms with Crippen molar-refractivity contribution in [2.45, 2.75) is 33.2 Å². The molecule has 5 rings (SSSR count). The number of β-amino-alcohol motifs (C(OH)–C–C–N with tert-alkyl or cyclic N) is 1. The van der Waals surface area contributed by atoms with Crippen molar-refractivity contribution in [3.05, 3.63) is 51.5 Å². The van der Waals surface area contributed by atoms with E-state index in [0.717, 1.165) is 38.7 Å². The number of hydrogen-bond acceptors (Lipinski definition) is 8. The Hall–Kier alpha value is -2.89. The summed E-state index contributed by atoms with van der Waals surface area (Å²) in [5, 5.41) is 21.9. The number of halogens is 1. The molecule has 4 heterocycles. The molecule has 3 atom stereocenters. The first-order valence-corrected chi connectivity index (χ1v) is 12.6. The number of fused-ring (bicyclic) bond motifs is 3. The van der Waals surface area contributed by atoms with Gasteiger partial charge in [-0.15, -0.1) is 20.6 Å². The maximum absolute atomic E-state index is 14.8. The largest absolute Gasteiger partial charge is 0.391 e. The number of rotatable bonds is 4. The Labute approximate surface area is 208 Å². The molecular formula is C25H25FN5O2PS. The number of anilines is 2. The summed E-state index contributed by atoms with van der Waals surface area (Å²) in [6.45, 7) is 9.80. The van der Waals surface area contributed by atoms with Crippen LogP contribution >= 0.6 is 20.6 Å². The van der Waals surface area contributed by atoms with E-state index in [1.165, 1.54) is 6.08 Å². The molecule has 1 fully saturated rings. The monoisotopic (exact) mass is 509 g/mol. The van der Waals surface area contributed by atoms with Gasteiger partial charge in [-0.1, -0.05) is 19.6 Å². The zero-order valence-electron chi connectivity index (χ0n) is 19.4. The summed E-state index contributed by atoms with van der Waals surface area (Å²) >= 11 is 1.04. The molecule has 35 heavy (non-hydrogen) atoms. The van der Waals surface area contributed by atoms with Crippen LogP contribution in [0.5, 0.6) is 0 Å². The van der Waals surface area contributed by atoms with Gasteiger partial charge >= 0.3 is 0 Å². The van der Waals surface area contributed by atoms with Gasteiger partial charge in [0.15, 0.2) is 0 Å². The lowest BCUT2D eigenvalue weighted by Crippen LogP contribution is -2.24. The minimum absolute atomic E-state index is 0.127. The maximum atomic E-state index is 14.8. The Morgan fingerprint density at radius 2 is 2.14 bits per heavy atom. The van der Waals surface area contributed by atoms with Crippen LogP contribution in [0.2, 0.25) is 0 Å². The minimum Gasteiger partial charge on any atom is -0.391 e. The van der Waals surface area contributed by atoms with Crippen molar-refractivity contribution in [2.24, 2.45) is 5.92 Å². The van der Waals surface area contributed by atoms with Crippen LogP contribution in [0.1, 0.15) is 46.5 Å². The fourth-order valence-electron chi connectivity index (χ4n) is 4.85. The van der Waals surface area contributed by atoms with Gasteiger partial charge in [0.25, 0.3) is 0 Å². The molecule has 0 aliphatic carbocycles. The van der Waals surface area contributed by atoms with Crippen LogP contribution in [0.4, 0.5) is 15.3 Å². The molecule has 1 saturated heterocycles. The highest BCUT2D eigenvalue weighted by atomic mass is 32.1. The highest BCUT2D eigenvalue weighted by Gasteiger charge is 2.32. The molecule has 180 valence electrons. The maximum Gasteiger partial charge on any atom is 0.225 e. The van der Waals surface area contributed by atoms with E-state index < -0.39 is 11.9 Å². The van der Waals surface area contributed by atoms with Crippen molar-refractivity contribution in [3.63, 3.8) is 0 Å². The smallest absolute Gasteiger partial charge is 0.225 e. The van der Waals surface area contributed by atoms with Gasteiger partial charge in [0, 0.05) is 41.5 Å². The van der Waals surface area contributed by atoms with Crippen molar-refractivity contribution in [3.8, 4) is 6.07 Å². The standard InChI is InChI=1S/C25H25FN5O2PS/c1-4-17(26)23-20(13(5-27)24(28)35-23)12(3)19-16-10-33-9-15(16)14-6-29-25(30-21(14)22(19)34)31-7-11(2)18(32)8-31/h4,6,11,18,32H,3,7-10,28,34H2,1-2H3/b17-4+. The van der Waals surface area contributed by atoms with E-state index in [1.54, 1.807) is 13.1 Å². The summed E-state index contributed by atoms with van der Waals surface area (Å²) < 4.78 is 20.6. The Morgan fingerprint density at radius 1 is 1.40 bits per heavy atom. The van der Waals surface area contributed by atoms with Gasteiger partial charge in [-0.2, -0.15) is 5.26 Å². The van der Waals surface area contributed by atoms with Gasteiger partial charge in [-0.3, -0.25) is 0 Å². The molecule has 2 aliphatic rings. The number of allylic oxidation sites excluding steroid dienone is 1. The van der Waals surface area contributed by atoms with Crippen molar-refractivity contribution < 1.29 is 14.2 Å². The molecular weight excluding hydrogens is 484 g/mol. The summed E-state index contributed by atoms with van der Waals surface area (Å²) in [6.07, 6.45) is 2.72. The molecule has 3 aromatic rings. The van der Waals surface area contributed by atoms with Gasteiger partial charge in [-0.25, -0.2) is 14.4 Å². The van der Waals surface area contributed by atoms with Crippen LogP contribution in [0.25, 0.3) is 22.3 Å². The zero-order chi connectivity index (χ0) is 25.0. The normalized spacial score (nSPS) is 19.9. The fraction of sp³-hybridized carbons (Fsp3) is 0.320. The number of aliphatic hydroxyl groups excluding tert-OH is 1. The van der Waals surface area contributed by atoms with Crippen LogP contribution in [-0.2, 0) is 18.0 Å². The van der Waals surface area contributed by atoms with Crippen LogP contribution < -0.4 is 15.9 Å². The second kappa shape index (κ2) is 8.96. The minimum atomic E-state index is -0.454. The zero-order valence-corrected chi connectivity index (χ0v) is 21.4. The predicted octanol–water partition coefficient (Wildman–Crippen LogP) is 3.88. The molecule has 1 aromatic carbocycles. The number of aromatic nitrogens is 2. The summed E-state index contributed by atoms with van der Waals surface area (Å²) in [5.41, 5.74) is 10.6. The van der Waals surface area contributed by atoms with Gasteiger partial charge in [0.1, 0.15) is 16.9 Å². The first-order chi connectivity index (χ1) is 16.8. The van der Waals surface area contributed by atoms with Gasteiger partial charge in [0.2, 0.25) is 5.95 Å². The average molecular weight is 510 g/mol. The molecule has 2 aliphatic heterocycles. The van der Waals surface area contributed by atoms with E-state index >= 15 is 0 Å². The Morgan fingerprint density at radius 3 is 2.80 bits per heavy atom. The molecule has 7 nitrogen and oxygen atoms in total. The highest BCUT2D eigenvalue weighted by molar-refractivity contribution is 7.28. The average Bonchev–Trinajstić information content (AvgIpc) is 3.55. The second-order valence-corrected chi connectivity index (χ2v) is 10.5. The second-order valence-electron chi connectivity index (χ2n) is 8.89. The topological polar surface area (TPSA) is 108 Å². The lowest BCUT2D eigenvalue weighted by atomic mass is 9.89. The molecule has 0 amide bonds. The summed E-state index contributed by atoms with van der Waals surface area (Å²) in [4.78, 5) is 11.7. The van der Waals surface area contributed by atoms with Gasteiger partial charge in [-0.05, 0) is 29.2 Å². The molecule has 0 bridgehead atoms. The molecule has 3 N–H and O–H groups in total. The number of ether oxygens (including phenoxy) is 1. The molecule has 0 saturated carbocycles. The van der Waals surface area contributed by atoms with Crippen molar-refractivity contribution in [1.82, 2.24) is 9.97 Å². The number of nitriles is 1. The molecule has 0 spiro atoms. The van der Waals surface area contributed by atoms with E-state index in [1.807, 2.05) is 11.8 Å². The summed E-state index contributed by atoms with van der Waals surface area (Å²) in [7, 11) is 2.75. The van der Waals surface area contributed by atoms with E-state index in [-0.39, 0.29) is 21.4 Å². The van der Waals surface area contributed by atoms with E-state index in [2.05, 4.69) is 26.9 Å². The predicted molar refractivity (Wildman–Crippen MR) is 141 cm³/mol. The number of nitrogens with zero attached hydrogens (tertiary/aromatic N) is 4. The quantitative estimate of drug-likeness (QED) is 0.514. The molecule has 0 radical (unpaired) electrons. The number of aliphatic hydroxyl groups is 1. The SMILES string of the molecule is C=C(c1c(/C(F)=C\C)sc(N)c1C#N)c1c2c(c3cnc(N4CC(C)C(O)C4)nc3c1P)COC2. The van der Waals surface area contributed by atoms with Crippen molar-refractivity contribution >= 4 is 59.1 Å². The van der Waals surface area contributed by atoms with Crippen LogP contribution in [0, 0.1) is 17.2 Å². The molecule has 10 heteroatoms. The number of nitrogens with two attached hydrogens (primary N) is 1. The number of hydrogen-bond donors (Lipinski definition) is 2. The fourth-order valence-corrected chi connectivity index (χ4v) is 6.44. The third kappa shape index (κ3) is 3.73. The Kier molecular flexibility index (Phi) is 6.10. The summed E-state index contributed by atoms with van der Waals surface area (Å²) in [5.74, 6) is 0.213. The first kappa shape index (κ1) is 23.8. The highest BCUT2D eigenvalue weighted by Crippen LogP contribution is 2.44. The number of nitrogen functional groups attached to an aromatic ring is 1. The van der Waals surface area contributed by atoms with Crippen molar-refractivity contribution in [2.75, 3.05) is 23.7 Å². The lowest BCUT2D eigenvalue weighted by molar-refractivity contribution is 0.135. The van der Waals surface area contributed by atoms with Crippen LogP contribution in [-0.4, -0.2) is 34.3 Å². The number of thiophene rings is 1. The third-order valence-corrected chi connectivity index (χ3v) is 8.35. The van der Waals surface area contributed by atoms with Crippen LogP contribution in [0.15, 0.2) is 18.9 Å². The molecule has 2 aromatic heterocycles.